The first-order valence-corrected chi connectivity index (χ1v) is 12.1. The molecule has 0 atom stereocenters. The number of rotatable bonds is 9. The van der Waals surface area contributed by atoms with Gasteiger partial charge in [-0.05, 0) is 61.9 Å². The fraction of sp³-hybridized carbons (Fsp3) is 0.370. The molecule has 1 fully saturated rings. The van der Waals surface area contributed by atoms with E-state index in [9.17, 15) is 4.79 Å². The van der Waals surface area contributed by atoms with E-state index < -0.39 is 0 Å². The topological polar surface area (TPSA) is 79.8 Å². The molecule has 1 aliphatic rings. The Morgan fingerprint density at radius 2 is 1.66 bits per heavy atom. The molecule has 0 spiro atoms. The summed E-state index contributed by atoms with van der Waals surface area (Å²) in [5.41, 5.74) is 2.48. The Labute approximate surface area is 206 Å². The molecule has 8 heteroatoms. The van der Waals surface area contributed by atoms with Crippen molar-refractivity contribution < 1.29 is 14.3 Å². The van der Waals surface area contributed by atoms with Crippen LogP contribution in [0.5, 0.6) is 11.5 Å². The number of nitrogens with one attached hydrogen (secondary N) is 1. The highest BCUT2D eigenvalue weighted by Gasteiger charge is 2.24. The van der Waals surface area contributed by atoms with Crippen molar-refractivity contribution in [1.82, 2.24) is 14.9 Å². The van der Waals surface area contributed by atoms with E-state index in [1.807, 2.05) is 66.4 Å². The molecular weight excluding hydrogens is 442 g/mol. The van der Waals surface area contributed by atoms with Crippen LogP contribution in [0, 0.1) is 6.92 Å². The third kappa shape index (κ3) is 6.41. The van der Waals surface area contributed by atoms with Crippen molar-refractivity contribution in [3.63, 3.8) is 0 Å². The maximum atomic E-state index is 13.0. The molecule has 1 amide bonds. The van der Waals surface area contributed by atoms with Crippen LogP contribution in [0.4, 0.5) is 17.5 Å². The molecule has 3 aromatic rings. The first-order chi connectivity index (χ1) is 17.1. The van der Waals surface area contributed by atoms with Gasteiger partial charge in [-0.3, -0.25) is 4.79 Å². The average molecular weight is 476 g/mol. The Kier molecular flexibility index (Phi) is 8.03. The van der Waals surface area contributed by atoms with Crippen LogP contribution in [0.1, 0.15) is 35.8 Å². The lowest BCUT2D eigenvalue weighted by atomic mass is 10.1. The summed E-state index contributed by atoms with van der Waals surface area (Å²) < 4.78 is 10.9. The first kappa shape index (κ1) is 24.3. The van der Waals surface area contributed by atoms with E-state index >= 15 is 0 Å². The molecule has 2 aromatic carbocycles. The molecular formula is C27H33N5O3. The number of aryl methyl sites for hydroxylation is 1. The third-order valence-corrected chi connectivity index (χ3v) is 5.92. The highest BCUT2D eigenvalue weighted by molar-refractivity contribution is 5.94. The zero-order valence-corrected chi connectivity index (χ0v) is 20.7. The molecule has 184 valence electrons. The molecule has 0 bridgehead atoms. The summed E-state index contributed by atoms with van der Waals surface area (Å²) in [6.45, 7) is 7.38. The summed E-state index contributed by atoms with van der Waals surface area (Å²) in [6, 6.07) is 17.1. The smallest absolute Gasteiger partial charge is 0.253 e. The fourth-order valence-electron chi connectivity index (χ4n) is 3.90. The lowest BCUT2D eigenvalue weighted by molar-refractivity contribution is 0.0746. The zero-order valence-electron chi connectivity index (χ0n) is 20.7. The van der Waals surface area contributed by atoms with Gasteiger partial charge in [0.05, 0.1) is 13.7 Å². The van der Waals surface area contributed by atoms with Crippen LogP contribution in [0.15, 0.2) is 54.6 Å². The van der Waals surface area contributed by atoms with Gasteiger partial charge < -0.3 is 24.6 Å². The molecule has 1 saturated heterocycles. The second-order valence-electron chi connectivity index (χ2n) is 8.55. The Morgan fingerprint density at radius 3 is 2.31 bits per heavy atom. The highest BCUT2D eigenvalue weighted by atomic mass is 16.5. The summed E-state index contributed by atoms with van der Waals surface area (Å²) in [4.78, 5) is 26.3. The number of aromatic nitrogens is 2. The Bertz CT molecular complexity index is 1110. The monoisotopic (exact) mass is 475 g/mol. The van der Waals surface area contributed by atoms with Gasteiger partial charge in [-0.1, -0.05) is 13.3 Å². The minimum Gasteiger partial charge on any atom is -0.497 e. The number of amides is 1. The van der Waals surface area contributed by atoms with Gasteiger partial charge >= 0.3 is 0 Å². The number of hydrogen-bond acceptors (Lipinski definition) is 7. The van der Waals surface area contributed by atoms with Gasteiger partial charge in [0, 0.05) is 49.2 Å². The maximum Gasteiger partial charge on any atom is 0.253 e. The van der Waals surface area contributed by atoms with E-state index in [1.165, 1.54) is 0 Å². The van der Waals surface area contributed by atoms with Crippen LogP contribution >= 0.6 is 0 Å². The summed E-state index contributed by atoms with van der Waals surface area (Å²) in [5, 5.41) is 3.34. The molecule has 1 aliphatic heterocycles. The summed E-state index contributed by atoms with van der Waals surface area (Å²) in [6.07, 6.45) is 2.12. The van der Waals surface area contributed by atoms with Gasteiger partial charge in [-0.25, -0.2) is 4.98 Å². The molecule has 0 unspecified atom stereocenters. The standard InChI is InChI=1S/C27H33N5O3/c1-4-5-18-35-24-10-6-21(7-11-24)26(33)31-14-16-32(17-15-31)27-28-20(2)19-25(30-27)29-22-8-12-23(34-3)13-9-22/h6-13,19H,4-5,14-18H2,1-3H3,(H,28,29,30). The third-order valence-electron chi connectivity index (χ3n) is 5.92. The normalized spacial score (nSPS) is 13.5. The van der Waals surface area contributed by atoms with Crippen molar-refractivity contribution in [3.05, 3.63) is 65.9 Å². The predicted octanol–water partition coefficient (Wildman–Crippen LogP) is 4.68. The Morgan fingerprint density at radius 1 is 0.971 bits per heavy atom. The van der Waals surface area contributed by atoms with Crippen LogP contribution in [0.2, 0.25) is 0 Å². The van der Waals surface area contributed by atoms with E-state index in [2.05, 4.69) is 22.1 Å². The molecule has 0 radical (unpaired) electrons. The van der Waals surface area contributed by atoms with Gasteiger partial charge in [-0.15, -0.1) is 0 Å². The van der Waals surface area contributed by atoms with Crippen LogP contribution in [-0.2, 0) is 0 Å². The molecule has 1 aromatic heterocycles. The summed E-state index contributed by atoms with van der Waals surface area (Å²) >= 11 is 0. The number of anilines is 3. The average Bonchev–Trinajstić information content (AvgIpc) is 2.89. The number of ether oxygens (including phenoxy) is 2. The van der Waals surface area contributed by atoms with E-state index in [0.717, 1.165) is 41.5 Å². The first-order valence-electron chi connectivity index (χ1n) is 12.1. The van der Waals surface area contributed by atoms with E-state index in [-0.39, 0.29) is 5.91 Å². The van der Waals surface area contributed by atoms with Gasteiger partial charge in [0.15, 0.2) is 0 Å². The van der Waals surface area contributed by atoms with Gasteiger partial charge in [0.25, 0.3) is 5.91 Å². The maximum absolute atomic E-state index is 13.0. The van der Waals surface area contributed by atoms with Crippen molar-refractivity contribution in [3.8, 4) is 11.5 Å². The molecule has 4 rings (SSSR count). The molecule has 0 saturated carbocycles. The second kappa shape index (κ2) is 11.6. The van der Waals surface area contributed by atoms with Crippen molar-refractivity contribution >= 4 is 23.4 Å². The molecule has 35 heavy (non-hydrogen) atoms. The number of carbonyl (C=O) groups is 1. The van der Waals surface area contributed by atoms with Gasteiger partial charge in [-0.2, -0.15) is 4.98 Å². The minimum absolute atomic E-state index is 0.0387. The van der Waals surface area contributed by atoms with Crippen LogP contribution in [0.25, 0.3) is 0 Å². The van der Waals surface area contributed by atoms with Crippen molar-refractivity contribution in [2.24, 2.45) is 0 Å². The van der Waals surface area contributed by atoms with Crippen LogP contribution in [-0.4, -0.2) is 60.7 Å². The molecule has 0 aliphatic carbocycles. The highest BCUT2D eigenvalue weighted by Crippen LogP contribution is 2.22. The van der Waals surface area contributed by atoms with E-state index in [1.54, 1.807) is 7.11 Å². The lowest BCUT2D eigenvalue weighted by Gasteiger charge is -2.35. The van der Waals surface area contributed by atoms with Gasteiger partial charge in [0.1, 0.15) is 17.3 Å². The van der Waals surface area contributed by atoms with Gasteiger partial charge in [0.2, 0.25) is 5.95 Å². The zero-order chi connectivity index (χ0) is 24.6. The molecule has 2 heterocycles. The lowest BCUT2D eigenvalue weighted by Crippen LogP contribution is -2.49. The number of nitrogens with zero attached hydrogens (tertiary/aromatic N) is 4. The number of piperazine rings is 1. The van der Waals surface area contributed by atoms with Crippen LogP contribution < -0.4 is 19.7 Å². The Balaban J connectivity index is 1.35. The van der Waals surface area contributed by atoms with Crippen molar-refractivity contribution in [2.45, 2.75) is 26.7 Å². The summed E-state index contributed by atoms with van der Waals surface area (Å²) in [5.74, 6) is 3.05. The Hall–Kier alpha value is -3.81. The molecule has 8 nitrogen and oxygen atoms in total. The quantitative estimate of drug-likeness (QED) is 0.450. The number of hydrogen-bond donors (Lipinski definition) is 1. The minimum atomic E-state index is 0.0387. The van der Waals surface area contributed by atoms with Crippen LogP contribution in [0.3, 0.4) is 0 Å². The van der Waals surface area contributed by atoms with Crippen molar-refractivity contribution in [1.29, 1.82) is 0 Å². The largest absolute Gasteiger partial charge is 0.497 e. The predicted molar refractivity (Wildman–Crippen MR) is 138 cm³/mol. The molecule has 1 N–H and O–H groups in total. The van der Waals surface area contributed by atoms with E-state index in [0.29, 0.717) is 44.3 Å². The SMILES string of the molecule is CCCCOc1ccc(C(=O)N2CCN(c3nc(C)cc(Nc4ccc(OC)cc4)n3)CC2)cc1. The number of carbonyl (C=O) groups excluding carboxylic acids is 1. The number of methoxy groups -OCH3 is 1. The fourth-order valence-corrected chi connectivity index (χ4v) is 3.90. The second-order valence-corrected chi connectivity index (χ2v) is 8.55. The van der Waals surface area contributed by atoms with Crippen molar-refractivity contribution in [2.75, 3.05) is 50.1 Å². The number of benzene rings is 2. The number of unbranched alkanes of at least 4 members (excludes halogenated alkanes) is 1. The summed E-state index contributed by atoms with van der Waals surface area (Å²) in [7, 11) is 1.65. The van der Waals surface area contributed by atoms with E-state index in [4.69, 9.17) is 14.5 Å².